The van der Waals surface area contributed by atoms with Gasteiger partial charge in [-0.2, -0.15) is 11.8 Å². The summed E-state index contributed by atoms with van der Waals surface area (Å²) < 4.78 is 0. The van der Waals surface area contributed by atoms with Crippen molar-refractivity contribution < 1.29 is 4.79 Å². The molecule has 0 bridgehead atoms. The van der Waals surface area contributed by atoms with Crippen LogP contribution in [-0.2, 0) is 0 Å². The SMILES string of the molecule is CSCC(C)NC(=O)c1ccccc1C#CCN. The molecular weight excluding hydrogens is 244 g/mol. The summed E-state index contributed by atoms with van der Waals surface area (Å²) in [4.78, 5) is 12.1. The van der Waals surface area contributed by atoms with Crippen LogP contribution in [0.3, 0.4) is 0 Å². The minimum Gasteiger partial charge on any atom is -0.349 e. The highest BCUT2D eigenvalue weighted by atomic mass is 32.2. The predicted molar refractivity (Wildman–Crippen MR) is 77.7 cm³/mol. The highest BCUT2D eigenvalue weighted by Crippen LogP contribution is 2.08. The lowest BCUT2D eigenvalue weighted by molar-refractivity contribution is 0.0943. The zero-order valence-corrected chi connectivity index (χ0v) is 11.5. The van der Waals surface area contributed by atoms with E-state index in [1.807, 2.05) is 31.4 Å². The molecule has 4 heteroatoms. The van der Waals surface area contributed by atoms with Crippen molar-refractivity contribution in [3.05, 3.63) is 35.4 Å². The lowest BCUT2D eigenvalue weighted by atomic mass is 10.1. The molecule has 0 saturated carbocycles. The van der Waals surface area contributed by atoms with Crippen LogP contribution in [0.5, 0.6) is 0 Å². The first-order valence-electron chi connectivity index (χ1n) is 5.76. The number of hydrogen-bond acceptors (Lipinski definition) is 3. The van der Waals surface area contributed by atoms with Crippen LogP contribution < -0.4 is 11.1 Å². The first kappa shape index (κ1) is 14.6. The highest BCUT2D eigenvalue weighted by Gasteiger charge is 2.11. The number of amides is 1. The lowest BCUT2D eigenvalue weighted by Crippen LogP contribution is -2.34. The average Bonchev–Trinajstić information content (AvgIpc) is 2.36. The molecule has 1 aromatic rings. The van der Waals surface area contributed by atoms with Crippen LogP contribution in [0, 0.1) is 11.8 Å². The molecule has 0 fully saturated rings. The normalized spacial score (nSPS) is 11.3. The first-order valence-corrected chi connectivity index (χ1v) is 7.16. The molecule has 0 aromatic heterocycles. The summed E-state index contributed by atoms with van der Waals surface area (Å²) >= 11 is 1.71. The second-order valence-corrected chi connectivity index (χ2v) is 4.79. The van der Waals surface area contributed by atoms with Crippen molar-refractivity contribution in [3.8, 4) is 11.8 Å². The summed E-state index contributed by atoms with van der Waals surface area (Å²) in [7, 11) is 0. The standard InChI is InChI=1S/C14H18N2OS/c1-11(10-18-2)16-14(17)13-8-4-3-6-12(13)7-5-9-15/h3-4,6,8,11H,9-10,15H2,1-2H3,(H,16,17). The van der Waals surface area contributed by atoms with Crippen LogP contribution in [0.15, 0.2) is 24.3 Å². The quantitative estimate of drug-likeness (QED) is 0.808. The Morgan fingerprint density at radius 2 is 2.22 bits per heavy atom. The minimum atomic E-state index is -0.0847. The van der Waals surface area contributed by atoms with E-state index in [0.29, 0.717) is 12.1 Å². The maximum atomic E-state index is 12.1. The number of rotatable bonds is 4. The fraction of sp³-hybridized carbons (Fsp3) is 0.357. The van der Waals surface area contributed by atoms with E-state index in [9.17, 15) is 4.79 Å². The van der Waals surface area contributed by atoms with Gasteiger partial charge < -0.3 is 11.1 Å². The van der Waals surface area contributed by atoms with Crippen molar-refractivity contribution in [2.75, 3.05) is 18.6 Å². The van der Waals surface area contributed by atoms with Crippen molar-refractivity contribution in [2.45, 2.75) is 13.0 Å². The fourth-order valence-corrected chi connectivity index (χ4v) is 2.11. The Kier molecular flexibility index (Phi) is 6.34. The minimum absolute atomic E-state index is 0.0847. The molecule has 18 heavy (non-hydrogen) atoms. The maximum Gasteiger partial charge on any atom is 0.252 e. The predicted octanol–water partition coefficient (Wildman–Crippen LogP) is 1.48. The third-order valence-electron chi connectivity index (χ3n) is 2.29. The molecule has 1 rings (SSSR count). The molecule has 1 amide bonds. The molecule has 0 spiro atoms. The molecule has 1 aromatic carbocycles. The van der Waals surface area contributed by atoms with E-state index in [2.05, 4.69) is 17.2 Å². The number of carbonyl (C=O) groups is 1. The van der Waals surface area contributed by atoms with Gasteiger partial charge in [0.05, 0.1) is 12.1 Å². The summed E-state index contributed by atoms with van der Waals surface area (Å²) in [6.45, 7) is 2.28. The molecule has 0 aliphatic heterocycles. The van der Waals surface area contributed by atoms with Gasteiger partial charge in [0.25, 0.3) is 5.91 Å². The van der Waals surface area contributed by atoms with Gasteiger partial charge in [0.15, 0.2) is 0 Å². The van der Waals surface area contributed by atoms with E-state index in [1.165, 1.54) is 0 Å². The van der Waals surface area contributed by atoms with Crippen LogP contribution in [0.25, 0.3) is 0 Å². The zero-order valence-electron chi connectivity index (χ0n) is 10.7. The van der Waals surface area contributed by atoms with Crippen LogP contribution in [-0.4, -0.2) is 30.5 Å². The van der Waals surface area contributed by atoms with Gasteiger partial charge in [0.2, 0.25) is 0 Å². The van der Waals surface area contributed by atoms with Gasteiger partial charge in [0, 0.05) is 17.4 Å². The third kappa shape index (κ3) is 4.44. The Balaban J connectivity index is 2.85. The smallest absolute Gasteiger partial charge is 0.252 e. The van der Waals surface area contributed by atoms with Crippen molar-refractivity contribution >= 4 is 17.7 Å². The van der Waals surface area contributed by atoms with E-state index in [4.69, 9.17) is 5.73 Å². The van der Waals surface area contributed by atoms with E-state index in [0.717, 1.165) is 11.3 Å². The topological polar surface area (TPSA) is 55.1 Å². The van der Waals surface area contributed by atoms with Crippen molar-refractivity contribution in [2.24, 2.45) is 5.73 Å². The summed E-state index contributed by atoms with van der Waals surface area (Å²) in [5.41, 5.74) is 6.67. The van der Waals surface area contributed by atoms with Crippen molar-refractivity contribution in [3.63, 3.8) is 0 Å². The molecule has 0 heterocycles. The first-order chi connectivity index (χ1) is 8.69. The number of benzene rings is 1. The second kappa shape index (κ2) is 7.80. The van der Waals surface area contributed by atoms with Gasteiger partial charge in [-0.3, -0.25) is 4.79 Å². The van der Waals surface area contributed by atoms with Crippen LogP contribution >= 0.6 is 11.8 Å². The van der Waals surface area contributed by atoms with Gasteiger partial charge >= 0.3 is 0 Å². The van der Waals surface area contributed by atoms with Gasteiger partial charge in [-0.25, -0.2) is 0 Å². The summed E-state index contributed by atoms with van der Waals surface area (Å²) in [5, 5.41) is 2.96. The monoisotopic (exact) mass is 262 g/mol. The lowest BCUT2D eigenvalue weighted by Gasteiger charge is -2.13. The molecular formula is C14H18N2OS. The van der Waals surface area contributed by atoms with E-state index in [-0.39, 0.29) is 11.9 Å². The van der Waals surface area contributed by atoms with E-state index in [1.54, 1.807) is 17.8 Å². The fourth-order valence-electron chi connectivity index (χ4n) is 1.53. The summed E-state index contributed by atoms with van der Waals surface area (Å²) in [6, 6.07) is 7.45. The highest BCUT2D eigenvalue weighted by molar-refractivity contribution is 7.98. The largest absolute Gasteiger partial charge is 0.349 e. The molecule has 0 radical (unpaired) electrons. The molecule has 0 aliphatic rings. The van der Waals surface area contributed by atoms with Gasteiger partial charge in [-0.15, -0.1) is 0 Å². The zero-order chi connectivity index (χ0) is 13.4. The third-order valence-corrected chi connectivity index (χ3v) is 3.12. The molecule has 1 unspecified atom stereocenters. The Hall–Kier alpha value is -1.44. The Morgan fingerprint density at radius 3 is 2.89 bits per heavy atom. The number of nitrogens with one attached hydrogen (secondary N) is 1. The number of nitrogens with two attached hydrogens (primary N) is 1. The van der Waals surface area contributed by atoms with Gasteiger partial charge in [-0.05, 0) is 25.3 Å². The molecule has 96 valence electrons. The number of hydrogen-bond donors (Lipinski definition) is 2. The molecule has 0 aliphatic carbocycles. The number of carbonyl (C=O) groups excluding carboxylic acids is 1. The molecule has 3 nitrogen and oxygen atoms in total. The van der Waals surface area contributed by atoms with Crippen molar-refractivity contribution in [1.29, 1.82) is 0 Å². The Labute approximate surface area is 113 Å². The van der Waals surface area contributed by atoms with Crippen LogP contribution in [0.4, 0.5) is 0 Å². The average molecular weight is 262 g/mol. The van der Waals surface area contributed by atoms with Crippen molar-refractivity contribution in [1.82, 2.24) is 5.32 Å². The Bertz CT molecular complexity index is 462. The molecule has 1 atom stereocenters. The summed E-state index contributed by atoms with van der Waals surface area (Å²) in [6.07, 6.45) is 2.02. The summed E-state index contributed by atoms with van der Waals surface area (Å²) in [5.74, 6) is 6.50. The molecule has 0 saturated heterocycles. The number of thioether (sulfide) groups is 1. The Morgan fingerprint density at radius 1 is 1.50 bits per heavy atom. The van der Waals surface area contributed by atoms with Gasteiger partial charge in [0.1, 0.15) is 0 Å². The van der Waals surface area contributed by atoms with E-state index >= 15 is 0 Å². The van der Waals surface area contributed by atoms with E-state index < -0.39 is 0 Å². The maximum absolute atomic E-state index is 12.1. The second-order valence-electron chi connectivity index (χ2n) is 3.88. The van der Waals surface area contributed by atoms with Crippen LogP contribution in [0.2, 0.25) is 0 Å². The molecule has 3 N–H and O–H groups in total. The van der Waals surface area contributed by atoms with Gasteiger partial charge in [-0.1, -0.05) is 24.0 Å². The van der Waals surface area contributed by atoms with Crippen LogP contribution in [0.1, 0.15) is 22.8 Å².